The van der Waals surface area contributed by atoms with Crippen molar-refractivity contribution < 1.29 is 9.53 Å². The maximum atomic E-state index is 11.4. The molecule has 0 spiro atoms. The summed E-state index contributed by atoms with van der Waals surface area (Å²) in [6, 6.07) is 7.74. The monoisotopic (exact) mass is 287 g/mol. The number of carbonyl (C=O) groups excluding carboxylic acids is 1. The molecular formula is C16H21N3O2. The molecule has 0 aliphatic carbocycles. The summed E-state index contributed by atoms with van der Waals surface area (Å²) in [6.45, 7) is 2.62. The van der Waals surface area contributed by atoms with Gasteiger partial charge in [-0.25, -0.2) is 4.98 Å². The van der Waals surface area contributed by atoms with E-state index in [0.29, 0.717) is 13.0 Å². The lowest BCUT2D eigenvalue weighted by atomic mass is 10.2. The third-order valence-electron chi connectivity index (χ3n) is 3.19. The predicted octanol–water partition coefficient (Wildman–Crippen LogP) is 2.54. The van der Waals surface area contributed by atoms with Gasteiger partial charge in [0.2, 0.25) is 5.91 Å². The first-order valence-electron chi connectivity index (χ1n) is 7.18. The summed E-state index contributed by atoms with van der Waals surface area (Å²) in [4.78, 5) is 19.0. The van der Waals surface area contributed by atoms with Gasteiger partial charge in [-0.3, -0.25) is 4.79 Å². The highest BCUT2D eigenvalue weighted by molar-refractivity contribution is 5.75. The third kappa shape index (κ3) is 4.34. The number of imidazole rings is 1. The number of nitrogens with zero attached hydrogens (tertiary/aromatic N) is 1. The zero-order valence-corrected chi connectivity index (χ0v) is 12.5. The predicted molar refractivity (Wildman–Crippen MR) is 82.2 cm³/mol. The molecule has 0 bridgehead atoms. The molecule has 0 saturated carbocycles. The number of benzene rings is 1. The Kier molecular flexibility index (Phi) is 5.37. The molecule has 2 rings (SSSR count). The van der Waals surface area contributed by atoms with E-state index in [4.69, 9.17) is 4.74 Å². The zero-order chi connectivity index (χ0) is 15.1. The van der Waals surface area contributed by atoms with Gasteiger partial charge in [-0.2, -0.15) is 0 Å². The van der Waals surface area contributed by atoms with Crippen molar-refractivity contribution in [3.8, 4) is 17.1 Å². The Labute approximate surface area is 124 Å². The second kappa shape index (κ2) is 7.47. The average Bonchev–Trinajstić information content (AvgIpc) is 2.96. The lowest BCUT2D eigenvalue weighted by molar-refractivity contribution is -0.121. The minimum atomic E-state index is 0.104. The number of rotatable bonds is 7. The van der Waals surface area contributed by atoms with E-state index in [1.807, 2.05) is 37.4 Å². The van der Waals surface area contributed by atoms with Crippen LogP contribution in [0.15, 0.2) is 30.5 Å². The molecule has 5 nitrogen and oxygen atoms in total. The van der Waals surface area contributed by atoms with Gasteiger partial charge in [0, 0.05) is 36.8 Å². The molecule has 2 N–H and O–H groups in total. The molecule has 0 radical (unpaired) electrons. The molecular weight excluding hydrogens is 266 g/mol. The Morgan fingerprint density at radius 1 is 1.33 bits per heavy atom. The Morgan fingerprint density at radius 3 is 2.76 bits per heavy atom. The van der Waals surface area contributed by atoms with E-state index >= 15 is 0 Å². The number of amides is 1. The van der Waals surface area contributed by atoms with Crippen molar-refractivity contribution in [3.63, 3.8) is 0 Å². The first-order chi connectivity index (χ1) is 10.2. The van der Waals surface area contributed by atoms with Crippen LogP contribution >= 0.6 is 0 Å². The molecule has 0 aliphatic rings. The van der Waals surface area contributed by atoms with Crippen LogP contribution in [0.1, 0.15) is 25.5 Å². The van der Waals surface area contributed by atoms with Crippen LogP contribution in [0.25, 0.3) is 11.4 Å². The van der Waals surface area contributed by atoms with E-state index in [2.05, 4.69) is 15.3 Å². The van der Waals surface area contributed by atoms with E-state index in [9.17, 15) is 4.79 Å². The number of ether oxygens (including phenoxy) is 1. The normalized spacial score (nSPS) is 10.4. The molecule has 1 aromatic heterocycles. The van der Waals surface area contributed by atoms with Crippen LogP contribution in [0.5, 0.6) is 5.75 Å². The Hall–Kier alpha value is -2.30. The Bertz CT molecular complexity index is 575. The summed E-state index contributed by atoms with van der Waals surface area (Å²) < 4.78 is 5.13. The molecule has 1 aromatic carbocycles. The smallest absolute Gasteiger partial charge is 0.219 e. The molecule has 0 atom stereocenters. The maximum Gasteiger partial charge on any atom is 0.219 e. The summed E-state index contributed by atoms with van der Waals surface area (Å²) in [7, 11) is 1.65. The molecule has 5 heteroatoms. The van der Waals surface area contributed by atoms with Gasteiger partial charge in [0.1, 0.15) is 11.6 Å². The van der Waals surface area contributed by atoms with Gasteiger partial charge in [-0.05, 0) is 30.7 Å². The molecule has 21 heavy (non-hydrogen) atoms. The molecule has 1 heterocycles. The SMILES string of the molecule is CCCC(=O)NCCc1cnc(-c2ccc(OC)cc2)[nH]1. The van der Waals surface area contributed by atoms with E-state index in [-0.39, 0.29) is 5.91 Å². The quantitative estimate of drug-likeness (QED) is 0.822. The number of methoxy groups -OCH3 is 1. The standard InChI is InChI=1S/C16H21N3O2/c1-3-4-15(20)17-10-9-13-11-18-16(19-13)12-5-7-14(21-2)8-6-12/h5-8,11H,3-4,9-10H2,1-2H3,(H,17,20)(H,18,19). The van der Waals surface area contributed by atoms with Crippen molar-refractivity contribution in [1.82, 2.24) is 15.3 Å². The van der Waals surface area contributed by atoms with Crippen LogP contribution in [0.2, 0.25) is 0 Å². The zero-order valence-electron chi connectivity index (χ0n) is 12.5. The number of H-pyrrole nitrogens is 1. The number of aromatic amines is 1. The summed E-state index contributed by atoms with van der Waals surface area (Å²) in [5, 5.41) is 2.89. The second-order valence-electron chi connectivity index (χ2n) is 4.84. The van der Waals surface area contributed by atoms with Crippen LogP contribution in [-0.2, 0) is 11.2 Å². The lowest BCUT2D eigenvalue weighted by Crippen LogP contribution is -2.25. The van der Waals surface area contributed by atoms with Gasteiger partial charge in [0.15, 0.2) is 0 Å². The van der Waals surface area contributed by atoms with Gasteiger partial charge < -0.3 is 15.0 Å². The van der Waals surface area contributed by atoms with Crippen molar-refractivity contribution in [2.75, 3.05) is 13.7 Å². The Balaban J connectivity index is 1.90. The molecule has 1 amide bonds. The molecule has 112 valence electrons. The van der Waals surface area contributed by atoms with Crippen LogP contribution in [0.3, 0.4) is 0 Å². The second-order valence-corrected chi connectivity index (χ2v) is 4.84. The first kappa shape index (κ1) is 15.1. The van der Waals surface area contributed by atoms with E-state index in [1.165, 1.54) is 0 Å². The van der Waals surface area contributed by atoms with E-state index in [0.717, 1.165) is 35.7 Å². The molecule has 0 aliphatic heterocycles. The van der Waals surface area contributed by atoms with Gasteiger partial charge in [-0.1, -0.05) is 6.92 Å². The van der Waals surface area contributed by atoms with Crippen LogP contribution in [0, 0.1) is 0 Å². The number of hydrogen-bond donors (Lipinski definition) is 2. The Morgan fingerprint density at radius 2 is 2.10 bits per heavy atom. The summed E-state index contributed by atoms with van der Waals surface area (Å²) >= 11 is 0. The number of nitrogens with one attached hydrogen (secondary N) is 2. The highest BCUT2D eigenvalue weighted by atomic mass is 16.5. The maximum absolute atomic E-state index is 11.4. The summed E-state index contributed by atoms with van der Waals surface area (Å²) in [6.07, 6.45) is 4.02. The first-order valence-corrected chi connectivity index (χ1v) is 7.18. The van der Waals surface area contributed by atoms with Gasteiger partial charge in [0.25, 0.3) is 0 Å². The van der Waals surface area contributed by atoms with Crippen molar-refractivity contribution in [2.45, 2.75) is 26.2 Å². The lowest BCUT2D eigenvalue weighted by Gasteiger charge is -2.03. The largest absolute Gasteiger partial charge is 0.497 e. The van der Waals surface area contributed by atoms with Gasteiger partial charge >= 0.3 is 0 Å². The van der Waals surface area contributed by atoms with Crippen LogP contribution in [0.4, 0.5) is 0 Å². The summed E-state index contributed by atoms with van der Waals surface area (Å²) in [5.74, 6) is 1.75. The summed E-state index contributed by atoms with van der Waals surface area (Å²) in [5.41, 5.74) is 2.02. The van der Waals surface area contributed by atoms with Crippen molar-refractivity contribution >= 4 is 5.91 Å². The molecule has 0 unspecified atom stereocenters. The molecule has 2 aromatic rings. The molecule has 0 saturated heterocycles. The molecule has 0 fully saturated rings. The van der Waals surface area contributed by atoms with Crippen LogP contribution < -0.4 is 10.1 Å². The fourth-order valence-electron chi connectivity index (χ4n) is 2.03. The minimum Gasteiger partial charge on any atom is -0.497 e. The van der Waals surface area contributed by atoms with E-state index < -0.39 is 0 Å². The van der Waals surface area contributed by atoms with E-state index in [1.54, 1.807) is 7.11 Å². The van der Waals surface area contributed by atoms with Crippen LogP contribution in [-0.4, -0.2) is 29.5 Å². The van der Waals surface area contributed by atoms with Gasteiger partial charge in [0.05, 0.1) is 7.11 Å². The highest BCUT2D eigenvalue weighted by Crippen LogP contribution is 2.19. The van der Waals surface area contributed by atoms with Crippen molar-refractivity contribution in [3.05, 3.63) is 36.2 Å². The average molecular weight is 287 g/mol. The number of aromatic nitrogens is 2. The minimum absolute atomic E-state index is 0.104. The highest BCUT2D eigenvalue weighted by Gasteiger charge is 2.05. The van der Waals surface area contributed by atoms with Gasteiger partial charge in [-0.15, -0.1) is 0 Å². The fourth-order valence-corrected chi connectivity index (χ4v) is 2.03. The third-order valence-corrected chi connectivity index (χ3v) is 3.19. The van der Waals surface area contributed by atoms with Crippen molar-refractivity contribution in [1.29, 1.82) is 0 Å². The fraction of sp³-hybridized carbons (Fsp3) is 0.375. The van der Waals surface area contributed by atoms with Crippen molar-refractivity contribution in [2.24, 2.45) is 0 Å². The number of hydrogen-bond acceptors (Lipinski definition) is 3. The number of carbonyl (C=O) groups is 1. The topological polar surface area (TPSA) is 67.0 Å².